The molecular weight excluding hydrogens is 414 g/mol. The molecule has 2 aromatic carbocycles. The minimum absolute atomic E-state index is 0.0393. The van der Waals surface area contributed by atoms with Crippen molar-refractivity contribution in [1.82, 2.24) is 25.1 Å². The van der Waals surface area contributed by atoms with Gasteiger partial charge in [-0.1, -0.05) is 30.3 Å². The van der Waals surface area contributed by atoms with Gasteiger partial charge in [-0.15, -0.1) is 0 Å². The number of ether oxygens (including phenoxy) is 1. The zero-order valence-corrected chi connectivity index (χ0v) is 18.7. The highest BCUT2D eigenvalue weighted by molar-refractivity contribution is 5.79. The number of nitrogens with one attached hydrogen (secondary N) is 1. The third-order valence-electron chi connectivity index (χ3n) is 5.97. The summed E-state index contributed by atoms with van der Waals surface area (Å²) in [6.45, 7) is 4.39. The average Bonchev–Trinajstić information content (AvgIpc) is 3.39. The molecule has 1 amide bonds. The van der Waals surface area contributed by atoms with E-state index in [2.05, 4.69) is 26.4 Å². The van der Waals surface area contributed by atoms with Crippen LogP contribution in [0.15, 0.2) is 67.1 Å². The standard InChI is InChI=1S/C26H25N5O2/c1-17-23(18(2)31(30-17)20-8-4-3-5-9-20)14-25(32)29-15-21-13-19-7-6-10-22(26(19)33-21)24-16-27-11-12-28-24/h3-12,16,21H,13-15H2,1-2H3,(H,29,32)/t21-/m0/s1. The lowest BCUT2D eigenvalue weighted by atomic mass is 10.0. The molecule has 7 nitrogen and oxygen atoms in total. The second-order valence-electron chi connectivity index (χ2n) is 8.21. The van der Waals surface area contributed by atoms with E-state index >= 15 is 0 Å². The van der Waals surface area contributed by atoms with Crippen molar-refractivity contribution in [2.45, 2.75) is 32.8 Å². The predicted octanol–water partition coefficient (Wildman–Crippen LogP) is 3.61. The molecule has 5 rings (SSSR count). The third kappa shape index (κ3) is 4.22. The molecule has 0 fully saturated rings. The summed E-state index contributed by atoms with van der Waals surface area (Å²) in [6, 6.07) is 16.0. The Kier molecular flexibility index (Phi) is 5.60. The molecule has 0 saturated heterocycles. The molecule has 0 bridgehead atoms. The van der Waals surface area contributed by atoms with Crippen LogP contribution in [0.25, 0.3) is 16.9 Å². The molecule has 1 N–H and O–H groups in total. The number of hydrogen-bond donors (Lipinski definition) is 1. The fraction of sp³-hybridized carbons (Fsp3) is 0.231. The van der Waals surface area contributed by atoms with Gasteiger partial charge < -0.3 is 10.1 Å². The minimum Gasteiger partial charge on any atom is -0.487 e. The zero-order valence-electron chi connectivity index (χ0n) is 18.7. The number of fused-ring (bicyclic) bond motifs is 1. The maximum atomic E-state index is 12.8. The molecule has 1 atom stereocenters. The summed E-state index contributed by atoms with van der Waals surface area (Å²) in [4.78, 5) is 21.3. The molecule has 4 aromatic rings. The van der Waals surface area contributed by atoms with Gasteiger partial charge in [-0.05, 0) is 37.6 Å². The van der Waals surface area contributed by atoms with Crippen molar-refractivity contribution >= 4 is 5.91 Å². The van der Waals surface area contributed by atoms with Crippen LogP contribution >= 0.6 is 0 Å². The number of nitrogens with zero attached hydrogens (tertiary/aromatic N) is 4. The van der Waals surface area contributed by atoms with Gasteiger partial charge in [-0.2, -0.15) is 5.10 Å². The van der Waals surface area contributed by atoms with E-state index in [4.69, 9.17) is 4.74 Å². The summed E-state index contributed by atoms with van der Waals surface area (Å²) < 4.78 is 8.10. The Hall–Kier alpha value is -4.00. The van der Waals surface area contributed by atoms with Gasteiger partial charge in [0.05, 0.1) is 36.2 Å². The number of carbonyl (C=O) groups is 1. The Balaban J connectivity index is 1.23. The summed E-state index contributed by atoms with van der Waals surface area (Å²) >= 11 is 0. The van der Waals surface area contributed by atoms with E-state index in [0.717, 1.165) is 51.6 Å². The largest absolute Gasteiger partial charge is 0.487 e. The number of aromatic nitrogens is 4. The number of benzene rings is 2. The number of aryl methyl sites for hydroxylation is 1. The highest BCUT2D eigenvalue weighted by Crippen LogP contribution is 2.37. The van der Waals surface area contributed by atoms with Gasteiger partial charge in [0, 0.05) is 35.6 Å². The van der Waals surface area contributed by atoms with Crippen LogP contribution in [0.5, 0.6) is 5.75 Å². The minimum atomic E-state index is -0.115. The Morgan fingerprint density at radius 3 is 2.76 bits per heavy atom. The van der Waals surface area contributed by atoms with Gasteiger partial charge in [0.2, 0.25) is 5.91 Å². The number of amides is 1. The number of hydrogen-bond acceptors (Lipinski definition) is 5. The fourth-order valence-corrected chi connectivity index (χ4v) is 4.29. The first-order chi connectivity index (χ1) is 16.1. The maximum Gasteiger partial charge on any atom is 0.224 e. The maximum absolute atomic E-state index is 12.8. The lowest BCUT2D eigenvalue weighted by molar-refractivity contribution is -0.120. The van der Waals surface area contributed by atoms with Crippen molar-refractivity contribution in [1.29, 1.82) is 0 Å². The number of rotatable bonds is 6. The second-order valence-corrected chi connectivity index (χ2v) is 8.21. The normalized spacial score (nSPS) is 14.5. The first-order valence-electron chi connectivity index (χ1n) is 11.0. The van der Waals surface area contributed by atoms with E-state index in [9.17, 15) is 4.79 Å². The quantitative estimate of drug-likeness (QED) is 0.496. The van der Waals surface area contributed by atoms with E-state index in [1.807, 2.05) is 61.0 Å². The second kappa shape index (κ2) is 8.86. The summed E-state index contributed by atoms with van der Waals surface area (Å²) in [6.07, 6.45) is 5.97. The van der Waals surface area contributed by atoms with Crippen LogP contribution in [0.4, 0.5) is 0 Å². The molecule has 0 saturated carbocycles. The van der Waals surface area contributed by atoms with E-state index in [1.54, 1.807) is 18.6 Å². The van der Waals surface area contributed by atoms with Crippen molar-refractivity contribution in [2.75, 3.05) is 6.54 Å². The predicted molar refractivity (Wildman–Crippen MR) is 125 cm³/mol. The molecule has 0 unspecified atom stereocenters. The van der Waals surface area contributed by atoms with Crippen molar-refractivity contribution in [3.63, 3.8) is 0 Å². The van der Waals surface area contributed by atoms with Gasteiger partial charge in [-0.25, -0.2) is 4.68 Å². The SMILES string of the molecule is Cc1nn(-c2ccccc2)c(C)c1CC(=O)NC[C@@H]1Cc2cccc(-c3cnccn3)c2O1. The Bertz CT molecular complexity index is 1290. The molecule has 0 aliphatic carbocycles. The molecular formula is C26H25N5O2. The van der Waals surface area contributed by atoms with Gasteiger partial charge in [-0.3, -0.25) is 14.8 Å². The van der Waals surface area contributed by atoms with Gasteiger partial charge >= 0.3 is 0 Å². The van der Waals surface area contributed by atoms with E-state index in [0.29, 0.717) is 6.54 Å². The van der Waals surface area contributed by atoms with Crippen LogP contribution in [0.2, 0.25) is 0 Å². The third-order valence-corrected chi connectivity index (χ3v) is 5.97. The Morgan fingerprint density at radius 1 is 1.12 bits per heavy atom. The van der Waals surface area contributed by atoms with E-state index in [1.165, 1.54) is 0 Å². The molecule has 1 aliphatic heterocycles. The average molecular weight is 440 g/mol. The molecule has 3 heterocycles. The molecule has 0 spiro atoms. The lowest BCUT2D eigenvalue weighted by Crippen LogP contribution is -2.35. The van der Waals surface area contributed by atoms with Gasteiger partial charge in [0.25, 0.3) is 0 Å². The molecule has 33 heavy (non-hydrogen) atoms. The summed E-state index contributed by atoms with van der Waals surface area (Å²) in [7, 11) is 0. The molecule has 0 radical (unpaired) electrons. The molecule has 7 heteroatoms. The summed E-state index contributed by atoms with van der Waals surface area (Å²) in [5.41, 5.74) is 6.61. The summed E-state index contributed by atoms with van der Waals surface area (Å²) in [5.74, 6) is 0.788. The van der Waals surface area contributed by atoms with Crippen LogP contribution in [0, 0.1) is 13.8 Å². The van der Waals surface area contributed by atoms with Crippen LogP contribution in [0.3, 0.4) is 0 Å². The monoisotopic (exact) mass is 439 g/mol. The first-order valence-corrected chi connectivity index (χ1v) is 11.0. The van der Waals surface area contributed by atoms with Crippen molar-refractivity contribution in [3.05, 3.63) is 89.6 Å². The first kappa shape index (κ1) is 20.9. The number of para-hydroxylation sites is 2. The van der Waals surface area contributed by atoms with Gasteiger partial charge in [0.15, 0.2) is 0 Å². The van der Waals surface area contributed by atoms with Gasteiger partial charge in [0.1, 0.15) is 11.9 Å². The highest BCUT2D eigenvalue weighted by atomic mass is 16.5. The fourth-order valence-electron chi connectivity index (χ4n) is 4.29. The lowest BCUT2D eigenvalue weighted by Gasteiger charge is -2.13. The number of carbonyl (C=O) groups excluding carboxylic acids is 1. The van der Waals surface area contributed by atoms with Crippen LogP contribution in [-0.2, 0) is 17.6 Å². The van der Waals surface area contributed by atoms with Crippen molar-refractivity contribution in [3.8, 4) is 22.7 Å². The Labute approximate surface area is 192 Å². The van der Waals surface area contributed by atoms with E-state index < -0.39 is 0 Å². The van der Waals surface area contributed by atoms with Crippen molar-refractivity contribution in [2.24, 2.45) is 0 Å². The topological polar surface area (TPSA) is 81.9 Å². The van der Waals surface area contributed by atoms with Crippen molar-refractivity contribution < 1.29 is 9.53 Å². The van der Waals surface area contributed by atoms with Crippen LogP contribution in [-0.4, -0.2) is 38.3 Å². The highest BCUT2D eigenvalue weighted by Gasteiger charge is 2.27. The summed E-state index contributed by atoms with van der Waals surface area (Å²) in [5, 5.41) is 7.68. The zero-order chi connectivity index (χ0) is 22.8. The Morgan fingerprint density at radius 2 is 1.97 bits per heavy atom. The van der Waals surface area contributed by atoms with E-state index in [-0.39, 0.29) is 18.4 Å². The molecule has 2 aromatic heterocycles. The van der Waals surface area contributed by atoms with Crippen LogP contribution < -0.4 is 10.1 Å². The van der Waals surface area contributed by atoms with Crippen LogP contribution in [0.1, 0.15) is 22.5 Å². The molecule has 1 aliphatic rings. The smallest absolute Gasteiger partial charge is 0.224 e. The molecule has 166 valence electrons.